The molecule has 1 aromatic carbocycles. The van der Waals surface area contributed by atoms with Crippen molar-refractivity contribution < 1.29 is 14.1 Å². The maximum atomic E-state index is 12.4. The van der Waals surface area contributed by atoms with Crippen molar-refractivity contribution in [3.8, 4) is 5.75 Å². The second kappa shape index (κ2) is 6.40. The Morgan fingerprint density at radius 3 is 2.57 bits per heavy atom. The van der Waals surface area contributed by atoms with Crippen molar-refractivity contribution in [2.75, 3.05) is 13.1 Å². The molecule has 1 amide bonds. The van der Waals surface area contributed by atoms with Crippen molar-refractivity contribution in [3.63, 3.8) is 0 Å². The van der Waals surface area contributed by atoms with Crippen LogP contribution in [0, 0.1) is 0 Å². The van der Waals surface area contributed by atoms with Gasteiger partial charge in [-0.1, -0.05) is 37.2 Å². The molecule has 6 nitrogen and oxygen atoms in total. The number of aromatic nitrogens is 2. The van der Waals surface area contributed by atoms with E-state index in [1.54, 1.807) is 11.8 Å². The van der Waals surface area contributed by atoms with Gasteiger partial charge >= 0.3 is 0 Å². The largest absolute Gasteiger partial charge is 0.481 e. The van der Waals surface area contributed by atoms with Crippen LogP contribution < -0.4 is 4.74 Å². The maximum absolute atomic E-state index is 12.4. The molecule has 0 radical (unpaired) electrons. The van der Waals surface area contributed by atoms with E-state index in [9.17, 15) is 4.79 Å². The van der Waals surface area contributed by atoms with E-state index in [1.807, 2.05) is 44.2 Å². The van der Waals surface area contributed by atoms with E-state index in [4.69, 9.17) is 9.26 Å². The van der Waals surface area contributed by atoms with Crippen molar-refractivity contribution in [1.29, 1.82) is 0 Å². The lowest BCUT2D eigenvalue weighted by atomic mass is 9.99. The van der Waals surface area contributed by atoms with E-state index < -0.39 is 6.10 Å². The highest BCUT2D eigenvalue weighted by Gasteiger charge is 2.37. The van der Waals surface area contributed by atoms with Gasteiger partial charge in [0.2, 0.25) is 5.89 Å². The van der Waals surface area contributed by atoms with Gasteiger partial charge in [0, 0.05) is 19.0 Å². The van der Waals surface area contributed by atoms with Gasteiger partial charge in [-0.15, -0.1) is 0 Å². The third kappa shape index (κ3) is 3.36. The smallest absolute Gasteiger partial charge is 0.263 e. The topological polar surface area (TPSA) is 68.5 Å². The van der Waals surface area contributed by atoms with Crippen molar-refractivity contribution in [1.82, 2.24) is 15.0 Å². The van der Waals surface area contributed by atoms with Gasteiger partial charge in [-0.25, -0.2) is 0 Å². The quantitative estimate of drug-likeness (QED) is 0.848. The third-order valence-electron chi connectivity index (χ3n) is 3.92. The lowest BCUT2D eigenvalue weighted by Gasteiger charge is -2.38. The molecule has 0 bridgehead atoms. The van der Waals surface area contributed by atoms with Crippen LogP contribution in [-0.2, 0) is 4.79 Å². The molecule has 1 saturated heterocycles. The summed E-state index contributed by atoms with van der Waals surface area (Å²) in [5, 5.41) is 3.97. The number of hydrogen-bond donors (Lipinski definition) is 0. The predicted molar refractivity (Wildman–Crippen MR) is 84.2 cm³/mol. The Hall–Kier alpha value is -2.37. The summed E-state index contributed by atoms with van der Waals surface area (Å²) in [5.41, 5.74) is 0. The van der Waals surface area contributed by atoms with Crippen LogP contribution in [0.2, 0.25) is 0 Å². The summed E-state index contributed by atoms with van der Waals surface area (Å²) >= 11 is 0. The van der Waals surface area contributed by atoms with E-state index in [0.29, 0.717) is 30.6 Å². The molecule has 1 aliphatic heterocycles. The van der Waals surface area contributed by atoms with Crippen LogP contribution in [0.4, 0.5) is 0 Å². The van der Waals surface area contributed by atoms with Gasteiger partial charge in [0.1, 0.15) is 5.75 Å². The van der Waals surface area contributed by atoms with E-state index in [0.717, 1.165) is 0 Å². The zero-order valence-corrected chi connectivity index (χ0v) is 13.6. The molecule has 2 heterocycles. The number of benzene rings is 1. The van der Waals surface area contributed by atoms with Gasteiger partial charge in [-0.3, -0.25) is 4.79 Å². The second-order valence-corrected chi connectivity index (χ2v) is 6.16. The number of rotatable bonds is 5. The molecule has 23 heavy (non-hydrogen) atoms. The SMILES string of the molecule is CC(Oc1ccccc1)C(=O)N1CC(c2nc(C(C)C)no2)C1. The second-order valence-electron chi connectivity index (χ2n) is 6.16. The van der Waals surface area contributed by atoms with Crippen LogP contribution in [0.3, 0.4) is 0 Å². The molecule has 1 fully saturated rings. The predicted octanol–water partition coefficient (Wildman–Crippen LogP) is 2.59. The highest BCUT2D eigenvalue weighted by atomic mass is 16.5. The van der Waals surface area contributed by atoms with Crippen molar-refractivity contribution in [2.45, 2.75) is 38.7 Å². The fourth-order valence-electron chi connectivity index (χ4n) is 2.47. The Bertz CT molecular complexity index is 663. The number of hydrogen-bond acceptors (Lipinski definition) is 5. The molecular formula is C17H21N3O3. The molecule has 122 valence electrons. The molecule has 0 spiro atoms. The number of likely N-dealkylation sites (tertiary alicyclic amines) is 1. The van der Waals surface area contributed by atoms with Crippen LogP contribution >= 0.6 is 0 Å². The Labute approximate surface area is 135 Å². The maximum Gasteiger partial charge on any atom is 0.263 e. The summed E-state index contributed by atoms with van der Waals surface area (Å²) < 4.78 is 11.0. The van der Waals surface area contributed by atoms with Crippen LogP contribution in [-0.4, -0.2) is 40.1 Å². The van der Waals surface area contributed by atoms with Crippen molar-refractivity contribution in [2.24, 2.45) is 0 Å². The fraction of sp³-hybridized carbons (Fsp3) is 0.471. The summed E-state index contributed by atoms with van der Waals surface area (Å²) in [4.78, 5) is 18.5. The van der Waals surface area contributed by atoms with E-state index >= 15 is 0 Å². The Morgan fingerprint density at radius 2 is 1.96 bits per heavy atom. The summed E-state index contributed by atoms with van der Waals surface area (Å²) in [6.07, 6.45) is -0.507. The minimum Gasteiger partial charge on any atom is -0.481 e. The number of nitrogens with zero attached hydrogens (tertiary/aromatic N) is 3. The molecule has 1 unspecified atom stereocenters. The van der Waals surface area contributed by atoms with Crippen LogP contribution in [0.25, 0.3) is 0 Å². The number of carbonyl (C=O) groups excluding carboxylic acids is 1. The molecule has 3 rings (SSSR count). The van der Waals surface area contributed by atoms with Gasteiger partial charge in [0.25, 0.3) is 5.91 Å². The Morgan fingerprint density at radius 1 is 1.26 bits per heavy atom. The molecule has 1 aromatic heterocycles. The zero-order chi connectivity index (χ0) is 16.4. The van der Waals surface area contributed by atoms with Gasteiger partial charge < -0.3 is 14.2 Å². The number of ether oxygens (including phenoxy) is 1. The fourth-order valence-corrected chi connectivity index (χ4v) is 2.47. The lowest BCUT2D eigenvalue weighted by Crippen LogP contribution is -2.52. The Kier molecular flexibility index (Phi) is 4.32. The first kappa shape index (κ1) is 15.5. The minimum atomic E-state index is -0.507. The lowest BCUT2D eigenvalue weighted by molar-refractivity contribution is -0.142. The third-order valence-corrected chi connectivity index (χ3v) is 3.92. The summed E-state index contributed by atoms with van der Waals surface area (Å²) in [5.74, 6) is 2.38. The molecular weight excluding hydrogens is 294 g/mol. The van der Waals surface area contributed by atoms with E-state index in [2.05, 4.69) is 10.1 Å². The number of amides is 1. The Balaban J connectivity index is 1.52. The minimum absolute atomic E-state index is 0.0197. The molecule has 6 heteroatoms. The zero-order valence-electron chi connectivity index (χ0n) is 13.6. The summed E-state index contributed by atoms with van der Waals surface area (Å²) in [7, 11) is 0. The standard InChI is InChI=1S/C17H21N3O3/c1-11(2)15-18-16(23-19-15)13-9-20(10-13)17(21)12(3)22-14-7-5-4-6-8-14/h4-8,11-13H,9-10H2,1-3H3. The molecule has 0 aliphatic carbocycles. The highest BCUT2D eigenvalue weighted by Crippen LogP contribution is 2.27. The highest BCUT2D eigenvalue weighted by molar-refractivity contribution is 5.81. The van der Waals surface area contributed by atoms with Crippen LogP contribution in [0.1, 0.15) is 44.3 Å². The average molecular weight is 315 g/mol. The van der Waals surface area contributed by atoms with Crippen LogP contribution in [0.15, 0.2) is 34.9 Å². The molecule has 1 aliphatic rings. The molecule has 0 saturated carbocycles. The van der Waals surface area contributed by atoms with Crippen LogP contribution in [0.5, 0.6) is 5.75 Å². The van der Waals surface area contributed by atoms with Crippen molar-refractivity contribution in [3.05, 3.63) is 42.0 Å². The van der Waals surface area contributed by atoms with Gasteiger partial charge in [0.05, 0.1) is 5.92 Å². The first-order chi connectivity index (χ1) is 11.0. The van der Waals surface area contributed by atoms with Gasteiger partial charge in [0.15, 0.2) is 11.9 Å². The number of para-hydroxylation sites is 1. The molecule has 2 aromatic rings. The van der Waals surface area contributed by atoms with E-state index in [1.165, 1.54) is 0 Å². The van der Waals surface area contributed by atoms with Gasteiger partial charge in [-0.05, 0) is 19.1 Å². The number of carbonyl (C=O) groups is 1. The molecule has 0 N–H and O–H groups in total. The monoisotopic (exact) mass is 315 g/mol. The summed E-state index contributed by atoms with van der Waals surface area (Å²) in [6.45, 7) is 7.01. The molecule has 1 atom stereocenters. The van der Waals surface area contributed by atoms with Gasteiger partial charge in [-0.2, -0.15) is 4.98 Å². The normalized spacial score (nSPS) is 16.3. The first-order valence-electron chi connectivity index (χ1n) is 7.88. The summed E-state index contributed by atoms with van der Waals surface area (Å²) in [6, 6.07) is 9.36. The average Bonchev–Trinajstić information content (AvgIpc) is 2.96. The van der Waals surface area contributed by atoms with Crippen molar-refractivity contribution >= 4 is 5.91 Å². The first-order valence-corrected chi connectivity index (χ1v) is 7.88. The van der Waals surface area contributed by atoms with E-state index in [-0.39, 0.29) is 17.7 Å².